The van der Waals surface area contributed by atoms with Crippen molar-refractivity contribution in [3.63, 3.8) is 0 Å². The number of pyridine rings is 1. The number of anilines is 1. The SMILES string of the molecule is CCNC(Cc1cnccc1N)C1CCCC(C)C1. The quantitative estimate of drug-likeness (QED) is 0.856. The van der Waals surface area contributed by atoms with Crippen LogP contribution in [0.3, 0.4) is 0 Å². The summed E-state index contributed by atoms with van der Waals surface area (Å²) in [6.07, 6.45) is 10.2. The summed E-state index contributed by atoms with van der Waals surface area (Å²) in [5.41, 5.74) is 8.12. The van der Waals surface area contributed by atoms with E-state index in [9.17, 15) is 0 Å². The number of hydrogen-bond donors (Lipinski definition) is 2. The van der Waals surface area contributed by atoms with Crippen LogP contribution in [0, 0.1) is 11.8 Å². The Morgan fingerprint density at radius 1 is 1.47 bits per heavy atom. The van der Waals surface area contributed by atoms with Crippen LogP contribution in [-0.4, -0.2) is 17.6 Å². The molecule has 0 saturated heterocycles. The summed E-state index contributed by atoms with van der Waals surface area (Å²) in [5.74, 6) is 1.65. The van der Waals surface area contributed by atoms with E-state index < -0.39 is 0 Å². The highest BCUT2D eigenvalue weighted by Gasteiger charge is 2.26. The lowest BCUT2D eigenvalue weighted by Gasteiger charge is -2.34. The zero-order chi connectivity index (χ0) is 13.7. The van der Waals surface area contributed by atoms with E-state index in [1.165, 1.54) is 31.2 Å². The summed E-state index contributed by atoms with van der Waals surface area (Å²) in [5, 5.41) is 3.67. The van der Waals surface area contributed by atoms with Gasteiger partial charge in [-0.25, -0.2) is 0 Å². The molecule has 1 heterocycles. The zero-order valence-electron chi connectivity index (χ0n) is 12.2. The van der Waals surface area contributed by atoms with Gasteiger partial charge < -0.3 is 11.1 Å². The summed E-state index contributed by atoms with van der Waals surface area (Å²) < 4.78 is 0. The molecule has 3 nitrogen and oxygen atoms in total. The molecular formula is C16H27N3. The van der Waals surface area contributed by atoms with Crippen LogP contribution in [0.5, 0.6) is 0 Å². The highest BCUT2D eigenvalue weighted by atomic mass is 14.9. The minimum absolute atomic E-state index is 0.541. The Balaban J connectivity index is 2.05. The van der Waals surface area contributed by atoms with Crippen molar-refractivity contribution in [1.82, 2.24) is 10.3 Å². The van der Waals surface area contributed by atoms with Crippen molar-refractivity contribution < 1.29 is 0 Å². The van der Waals surface area contributed by atoms with Crippen LogP contribution in [0.15, 0.2) is 18.5 Å². The lowest BCUT2D eigenvalue weighted by atomic mass is 9.77. The van der Waals surface area contributed by atoms with Crippen LogP contribution in [0.4, 0.5) is 5.69 Å². The molecule has 1 fully saturated rings. The van der Waals surface area contributed by atoms with Gasteiger partial charge in [0.25, 0.3) is 0 Å². The van der Waals surface area contributed by atoms with Crippen molar-refractivity contribution in [2.45, 2.75) is 52.0 Å². The van der Waals surface area contributed by atoms with E-state index in [0.717, 1.165) is 30.5 Å². The van der Waals surface area contributed by atoms with Crippen molar-refractivity contribution >= 4 is 5.69 Å². The fraction of sp³-hybridized carbons (Fsp3) is 0.688. The summed E-state index contributed by atoms with van der Waals surface area (Å²) in [6.45, 7) is 5.59. The molecule has 1 aliphatic rings. The molecule has 1 aromatic heterocycles. The number of rotatable bonds is 5. The van der Waals surface area contributed by atoms with E-state index in [2.05, 4.69) is 24.1 Å². The Bertz CT molecular complexity index is 391. The summed E-state index contributed by atoms with van der Waals surface area (Å²) in [7, 11) is 0. The first-order valence-electron chi connectivity index (χ1n) is 7.62. The maximum Gasteiger partial charge on any atom is 0.0378 e. The lowest BCUT2D eigenvalue weighted by molar-refractivity contribution is 0.222. The maximum absolute atomic E-state index is 6.05. The third kappa shape index (κ3) is 3.93. The average molecular weight is 261 g/mol. The second kappa shape index (κ2) is 6.90. The van der Waals surface area contributed by atoms with Gasteiger partial charge in [0.05, 0.1) is 0 Å². The van der Waals surface area contributed by atoms with Crippen LogP contribution >= 0.6 is 0 Å². The first-order chi connectivity index (χ1) is 9.20. The molecule has 3 heteroatoms. The van der Waals surface area contributed by atoms with Gasteiger partial charge in [0, 0.05) is 24.1 Å². The second-order valence-electron chi connectivity index (χ2n) is 5.97. The van der Waals surface area contributed by atoms with Crippen molar-refractivity contribution in [1.29, 1.82) is 0 Å². The smallest absolute Gasteiger partial charge is 0.0378 e. The Morgan fingerprint density at radius 2 is 2.32 bits per heavy atom. The third-order valence-electron chi connectivity index (χ3n) is 4.39. The Kier molecular flexibility index (Phi) is 5.20. The predicted molar refractivity (Wildman–Crippen MR) is 80.9 cm³/mol. The van der Waals surface area contributed by atoms with E-state index in [-0.39, 0.29) is 0 Å². The van der Waals surface area contributed by atoms with E-state index in [4.69, 9.17) is 5.73 Å². The summed E-state index contributed by atoms with van der Waals surface area (Å²) in [4.78, 5) is 4.21. The highest BCUT2D eigenvalue weighted by Crippen LogP contribution is 2.32. The van der Waals surface area contributed by atoms with Gasteiger partial charge >= 0.3 is 0 Å². The van der Waals surface area contributed by atoms with Gasteiger partial charge in [-0.15, -0.1) is 0 Å². The fourth-order valence-corrected chi connectivity index (χ4v) is 3.36. The maximum atomic E-state index is 6.05. The van der Waals surface area contributed by atoms with Crippen LogP contribution in [0.1, 0.15) is 45.1 Å². The molecule has 1 aliphatic carbocycles. The molecular weight excluding hydrogens is 234 g/mol. The van der Waals surface area contributed by atoms with Crippen LogP contribution < -0.4 is 11.1 Å². The van der Waals surface area contributed by atoms with E-state index in [1.807, 2.05) is 12.3 Å². The summed E-state index contributed by atoms with van der Waals surface area (Å²) >= 11 is 0. The van der Waals surface area contributed by atoms with Gasteiger partial charge in [-0.1, -0.05) is 26.7 Å². The highest BCUT2D eigenvalue weighted by molar-refractivity contribution is 5.44. The van der Waals surface area contributed by atoms with E-state index in [0.29, 0.717) is 6.04 Å². The van der Waals surface area contributed by atoms with Gasteiger partial charge in [0.15, 0.2) is 0 Å². The molecule has 2 rings (SSSR count). The van der Waals surface area contributed by atoms with Gasteiger partial charge in [-0.05, 0) is 49.3 Å². The molecule has 3 N–H and O–H groups in total. The second-order valence-corrected chi connectivity index (χ2v) is 5.97. The fourth-order valence-electron chi connectivity index (χ4n) is 3.36. The van der Waals surface area contributed by atoms with Crippen molar-refractivity contribution in [2.75, 3.05) is 12.3 Å². The monoisotopic (exact) mass is 261 g/mol. The Hall–Kier alpha value is -1.09. The van der Waals surface area contributed by atoms with E-state index in [1.54, 1.807) is 6.20 Å². The minimum Gasteiger partial charge on any atom is -0.398 e. The molecule has 0 aromatic carbocycles. The number of aromatic nitrogens is 1. The van der Waals surface area contributed by atoms with Crippen LogP contribution in [-0.2, 0) is 6.42 Å². The first kappa shape index (κ1) is 14.3. The number of nitrogens with one attached hydrogen (secondary N) is 1. The number of hydrogen-bond acceptors (Lipinski definition) is 3. The molecule has 3 atom stereocenters. The minimum atomic E-state index is 0.541. The lowest BCUT2D eigenvalue weighted by Crippen LogP contribution is -2.40. The molecule has 0 radical (unpaired) electrons. The van der Waals surface area contributed by atoms with Gasteiger partial charge in [0.1, 0.15) is 0 Å². The normalized spacial score (nSPS) is 25.2. The molecule has 19 heavy (non-hydrogen) atoms. The molecule has 1 aromatic rings. The van der Waals surface area contributed by atoms with Crippen molar-refractivity contribution in [3.8, 4) is 0 Å². The molecule has 1 saturated carbocycles. The molecule has 0 spiro atoms. The number of likely N-dealkylation sites (N-methyl/N-ethyl adjacent to an activating group) is 1. The van der Waals surface area contributed by atoms with Crippen LogP contribution in [0.2, 0.25) is 0 Å². The number of nitrogens with zero attached hydrogens (tertiary/aromatic N) is 1. The molecule has 0 amide bonds. The molecule has 3 unspecified atom stereocenters. The van der Waals surface area contributed by atoms with Crippen LogP contribution in [0.25, 0.3) is 0 Å². The predicted octanol–water partition coefficient (Wildman–Crippen LogP) is 3.01. The average Bonchev–Trinajstić information content (AvgIpc) is 2.40. The number of nitrogen functional groups attached to an aromatic ring is 1. The van der Waals surface area contributed by atoms with Gasteiger partial charge in [-0.3, -0.25) is 4.98 Å². The van der Waals surface area contributed by atoms with Crippen molar-refractivity contribution in [2.24, 2.45) is 11.8 Å². The Labute approximate surface area is 117 Å². The molecule has 0 aliphatic heterocycles. The standard InChI is InChI=1S/C16H27N3/c1-3-19-16(13-6-4-5-12(2)9-13)10-14-11-18-8-7-15(14)17/h7-8,11-13,16,19H,3-6,9-10H2,1-2H3,(H2,17,18). The topological polar surface area (TPSA) is 50.9 Å². The largest absolute Gasteiger partial charge is 0.398 e. The van der Waals surface area contributed by atoms with Gasteiger partial charge in [0.2, 0.25) is 0 Å². The van der Waals surface area contributed by atoms with Gasteiger partial charge in [-0.2, -0.15) is 0 Å². The molecule has 106 valence electrons. The number of nitrogens with two attached hydrogens (primary N) is 1. The Morgan fingerprint density at radius 3 is 3.00 bits per heavy atom. The van der Waals surface area contributed by atoms with Crippen molar-refractivity contribution in [3.05, 3.63) is 24.0 Å². The van der Waals surface area contributed by atoms with E-state index >= 15 is 0 Å². The third-order valence-corrected chi connectivity index (χ3v) is 4.39. The summed E-state index contributed by atoms with van der Waals surface area (Å²) in [6, 6.07) is 2.45. The first-order valence-corrected chi connectivity index (χ1v) is 7.62. The zero-order valence-corrected chi connectivity index (χ0v) is 12.2. The molecule has 0 bridgehead atoms.